The number of ether oxygens (including phenoxy) is 1. The summed E-state index contributed by atoms with van der Waals surface area (Å²) in [5.41, 5.74) is 3.85. The van der Waals surface area contributed by atoms with E-state index in [-0.39, 0.29) is 12.0 Å². The van der Waals surface area contributed by atoms with Crippen molar-refractivity contribution in [2.45, 2.75) is 38.8 Å². The molecule has 2 aliphatic rings. The number of hydrogen-bond acceptors (Lipinski definition) is 7. The van der Waals surface area contributed by atoms with E-state index in [1.54, 1.807) is 18.4 Å². The number of carbonyl (C=O) groups excluding carboxylic acids is 1. The highest BCUT2D eigenvalue weighted by Crippen LogP contribution is 2.32. The Kier molecular flexibility index (Phi) is 4.20. The number of hydrogen-bond donors (Lipinski definition) is 0. The van der Waals surface area contributed by atoms with Gasteiger partial charge >= 0.3 is 0 Å². The van der Waals surface area contributed by atoms with Crippen LogP contribution in [0, 0.1) is 6.92 Å². The summed E-state index contributed by atoms with van der Waals surface area (Å²) in [4.78, 5) is 23.6. The molecular formula is C20H20N4O4. The largest absolute Gasteiger partial charge is 0.459 e. The molecule has 0 bridgehead atoms. The van der Waals surface area contributed by atoms with Crippen LogP contribution in [-0.4, -0.2) is 45.2 Å². The molecular weight excluding hydrogens is 360 g/mol. The van der Waals surface area contributed by atoms with Gasteiger partial charge in [-0.15, -0.1) is 0 Å². The molecule has 0 aliphatic carbocycles. The molecule has 144 valence electrons. The highest BCUT2D eigenvalue weighted by molar-refractivity contribution is 5.81. The van der Waals surface area contributed by atoms with Crippen LogP contribution in [0.15, 0.2) is 33.5 Å². The topological polar surface area (TPSA) is 94.5 Å². The lowest BCUT2D eigenvalue weighted by molar-refractivity contribution is -0.141. The average Bonchev–Trinajstić information content (AvgIpc) is 3.49. The van der Waals surface area contributed by atoms with Crippen LogP contribution in [0.3, 0.4) is 0 Å². The molecule has 2 aliphatic heterocycles. The summed E-state index contributed by atoms with van der Waals surface area (Å²) >= 11 is 0. The van der Waals surface area contributed by atoms with Gasteiger partial charge in [0.1, 0.15) is 6.10 Å². The fourth-order valence-corrected chi connectivity index (χ4v) is 3.94. The first-order chi connectivity index (χ1) is 13.7. The third-order valence-electron chi connectivity index (χ3n) is 5.36. The van der Waals surface area contributed by atoms with Crippen LogP contribution in [0.5, 0.6) is 0 Å². The van der Waals surface area contributed by atoms with E-state index < -0.39 is 0 Å². The van der Waals surface area contributed by atoms with Gasteiger partial charge in [0.25, 0.3) is 11.8 Å². The summed E-state index contributed by atoms with van der Waals surface area (Å²) in [5.74, 6) is 1.43. The van der Waals surface area contributed by atoms with Crippen LogP contribution in [0.1, 0.15) is 29.7 Å². The Morgan fingerprint density at radius 2 is 2.29 bits per heavy atom. The van der Waals surface area contributed by atoms with Crippen molar-refractivity contribution in [3.8, 4) is 23.0 Å². The number of fused-ring (bicyclic) bond motifs is 1. The summed E-state index contributed by atoms with van der Waals surface area (Å²) in [6, 6.07) is 3.55. The van der Waals surface area contributed by atoms with Gasteiger partial charge in [0, 0.05) is 37.2 Å². The highest BCUT2D eigenvalue weighted by Gasteiger charge is 2.32. The van der Waals surface area contributed by atoms with Crippen LogP contribution in [0.2, 0.25) is 0 Å². The van der Waals surface area contributed by atoms with E-state index in [0.29, 0.717) is 37.2 Å². The standard InChI is InChI=1S/C20H20N4O4/c1-12-17(18-22-19(28-23-18)15-4-2-8-26-15)14-6-7-24(11-13(14)10-21-12)20(25)16-5-3-9-27-16/h2,4,8,10,16H,3,5-7,9,11H2,1H3/t16-/m1/s1. The van der Waals surface area contributed by atoms with Crippen LogP contribution in [0.4, 0.5) is 0 Å². The maximum Gasteiger partial charge on any atom is 0.293 e. The predicted octanol–water partition coefficient (Wildman–Crippen LogP) is 2.76. The molecule has 8 heteroatoms. The highest BCUT2D eigenvalue weighted by atomic mass is 16.5. The predicted molar refractivity (Wildman–Crippen MR) is 98.1 cm³/mol. The molecule has 0 saturated carbocycles. The Bertz CT molecular complexity index is 1010. The monoisotopic (exact) mass is 380 g/mol. The minimum Gasteiger partial charge on any atom is -0.459 e. The van der Waals surface area contributed by atoms with E-state index in [0.717, 1.165) is 41.6 Å². The van der Waals surface area contributed by atoms with Crippen LogP contribution >= 0.6 is 0 Å². The second-order valence-corrected chi connectivity index (χ2v) is 7.13. The zero-order valence-electron chi connectivity index (χ0n) is 15.6. The number of nitrogens with zero attached hydrogens (tertiary/aromatic N) is 4. The maximum absolute atomic E-state index is 12.7. The number of furan rings is 1. The summed E-state index contributed by atoms with van der Waals surface area (Å²) in [6.45, 7) is 3.77. The molecule has 28 heavy (non-hydrogen) atoms. The van der Waals surface area contributed by atoms with Crippen molar-refractivity contribution in [2.24, 2.45) is 0 Å². The molecule has 0 N–H and O–H groups in total. The molecule has 0 aromatic carbocycles. The van der Waals surface area contributed by atoms with Crippen molar-refractivity contribution < 1.29 is 18.5 Å². The molecule has 1 saturated heterocycles. The lowest BCUT2D eigenvalue weighted by atomic mass is 9.94. The fraction of sp³-hybridized carbons (Fsp3) is 0.400. The number of aryl methyl sites for hydroxylation is 1. The second kappa shape index (κ2) is 6.87. The van der Waals surface area contributed by atoms with Crippen molar-refractivity contribution in [2.75, 3.05) is 13.2 Å². The van der Waals surface area contributed by atoms with Crippen molar-refractivity contribution in [1.29, 1.82) is 0 Å². The Hall–Kier alpha value is -3.00. The quantitative estimate of drug-likeness (QED) is 0.689. The van der Waals surface area contributed by atoms with Gasteiger partial charge in [-0.25, -0.2) is 0 Å². The van der Waals surface area contributed by atoms with Crippen molar-refractivity contribution in [3.63, 3.8) is 0 Å². The fourth-order valence-electron chi connectivity index (χ4n) is 3.94. The van der Waals surface area contributed by atoms with E-state index in [9.17, 15) is 4.79 Å². The second-order valence-electron chi connectivity index (χ2n) is 7.13. The van der Waals surface area contributed by atoms with Gasteiger partial charge in [0.2, 0.25) is 5.82 Å². The zero-order valence-corrected chi connectivity index (χ0v) is 15.6. The molecule has 3 aromatic rings. The summed E-state index contributed by atoms with van der Waals surface area (Å²) in [7, 11) is 0. The SMILES string of the molecule is Cc1ncc2c(c1-c1noc(-c3ccco3)n1)CCN(C(=O)[C@H]1CCCO1)C2. The van der Waals surface area contributed by atoms with Gasteiger partial charge in [-0.1, -0.05) is 5.16 Å². The molecule has 1 amide bonds. The molecule has 0 radical (unpaired) electrons. The average molecular weight is 380 g/mol. The van der Waals surface area contributed by atoms with E-state index in [1.807, 2.05) is 18.0 Å². The molecule has 0 unspecified atom stereocenters. The summed E-state index contributed by atoms with van der Waals surface area (Å²) in [5, 5.41) is 4.14. The summed E-state index contributed by atoms with van der Waals surface area (Å²) in [6.07, 6.45) is 5.58. The van der Waals surface area contributed by atoms with Gasteiger partial charge in [0.15, 0.2) is 5.76 Å². The third kappa shape index (κ3) is 2.90. The molecule has 3 aromatic heterocycles. The molecule has 0 spiro atoms. The molecule has 1 atom stereocenters. The zero-order chi connectivity index (χ0) is 19.1. The van der Waals surface area contributed by atoms with Gasteiger partial charge in [-0.3, -0.25) is 9.78 Å². The van der Waals surface area contributed by atoms with Crippen LogP contribution in [0.25, 0.3) is 23.0 Å². The van der Waals surface area contributed by atoms with Crippen LogP contribution < -0.4 is 0 Å². The lowest BCUT2D eigenvalue weighted by Crippen LogP contribution is -2.42. The molecule has 1 fully saturated rings. The number of aromatic nitrogens is 3. The smallest absolute Gasteiger partial charge is 0.293 e. The molecule has 8 nitrogen and oxygen atoms in total. The number of pyridine rings is 1. The van der Waals surface area contributed by atoms with E-state index >= 15 is 0 Å². The minimum atomic E-state index is -0.299. The molecule has 5 rings (SSSR count). The van der Waals surface area contributed by atoms with Gasteiger partial charge < -0.3 is 18.6 Å². The van der Waals surface area contributed by atoms with Crippen molar-refractivity contribution in [3.05, 3.63) is 41.4 Å². The third-order valence-corrected chi connectivity index (χ3v) is 5.36. The number of carbonyl (C=O) groups is 1. The minimum absolute atomic E-state index is 0.0740. The lowest BCUT2D eigenvalue weighted by Gasteiger charge is -2.31. The van der Waals surface area contributed by atoms with Crippen molar-refractivity contribution >= 4 is 5.91 Å². The van der Waals surface area contributed by atoms with E-state index in [4.69, 9.17) is 13.7 Å². The Labute approximate surface area is 161 Å². The van der Waals surface area contributed by atoms with Crippen molar-refractivity contribution in [1.82, 2.24) is 20.0 Å². The van der Waals surface area contributed by atoms with Gasteiger partial charge in [0.05, 0.1) is 6.26 Å². The number of amides is 1. The Morgan fingerprint density at radius 3 is 3.07 bits per heavy atom. The Balaban J connectivity index is 1.45. The Morgan fingerprint density at radius 1 is 1.36 bits per heavy atom. The number of rotatable bonds is 3. The van der Waals surface area contributed by atoms with E-state index in [2.05, 4.69) is 15.1 Å². The van der Waals surface area contributed by atoms with E-state index in [1.165, 1.54) is 0 Å². The first-order valence-corrected chi connectivity index (χ1v) is 9.46. The summed E-state index contributed by atoms with van der Waals surface area (Å²) < 4.78 is 16.3. The maximum atomic E-state index is 12.7. The molecule has 5 heterocycles. The van der Waals surface area contributed by atoms with Gasteiger partial charge in [-0.2, -0.15) is 4.98 Å². The first-order valence-electron chi connectivity index (χ1n) is 9.46. The van der Waals surface area contributed by atoms with Gasteiger partial charge in [-0.05, 0) is 49.4 Å². The normalized spacial score (nSPS) is 19.0. The van der Waals surface area contributed by atoms with Crippen LogP contribution in [-0.2, 0) is 22.5 Å². The first kappa shape index (κ1) is 17.1.